The predicted octanol–water partition coefficient (Wildman–Crippen LogP) is 4.33. The molecular formula is C15H15BrClNO. The van der Waals surface area contributed by atoms with Gasteiger partial charge in [0.1, 0.15) is 5.75 Å². The van der Waals surface area contributed by atoms with Gasteiger partial charge < -0.3 is 10.5 Å². The van der Waals surface area contributed by atoms with Crippen LogP contribution < -0.4 is 10.5 Å². The molecule has 0 aromatic heterocycles. The quantitative estimate of drug-likeness (QED) is 0.902. The van der Waals surface area contributed by atoms with E-state index in [4.69, 9.17) is 22.1 Å². The largest absolute Gasteiger partial charge is 0.495 e. The molecule has 2 N–H and O–H groups in total. The van der Waals surface area contributed by atoms with Gasteiger partial charge in [-0.3, -0.25) is 0 Å². The Morgan fingerprint density at radius 2 is 1.84 bits per heavy atom. The van der Waals surface area contributed by atoms with Gasteiger partial charge >= 0.3 is 0 Å². The summed E-state index contributed by atoms with van der Waals surface area (Å²) in [5.74, 6) is 0.630. The third kappa shape index (κ3) is 2.94. The Morgan fingerprint density at radius 3 is 2.47 bits per heavy atom. The molecule has 0 saturated heterocycles. The molecule has 0 fully saturated rings. The van der Waals surface area contributed by atoms with Crippen molar-refractivity contribution in [3.8, 4) is 5.75 Å². The second-order valence-electron chi connectivity index (χ2n) is 4.56. The fourth-order valence-electron chi connectivity index (χ4n) is 1.96. The topological polar surface area (TPSA) is 35.2 Å². The number of hydrogen-bond donors (Lipinski definition) is 1. The third-order valence-electron chi connectivity index (χ3n) is 3.18. The van der Waals surface area contributed by atoms with Crippen LogP contribution in [0.3, 0.4) is 0 Å². The summed E-state index contributed by atoms with van der Waals surface area (Å²) in [5, 5.41) is 0.580. The molecule has 2 aromatic rings. The van der Waals surface area contributed by atoms with Crippen molar-refractivity contribution in [1.82, 2.24) is 0 Å². The van der Waals surface area contributed by atoms with E-state index in [0.717, 1.165) is 15.6 Å². The molecule has 0 heterocycles. The molecule has 0 spiro atoms. The van der Waals surface area contributed by atoms with Gasteiger partial charge in [-0.2, -0.15) is 0 Å². The number of nitrogens with two attached hydrogens (primary N) is 1. The second kappa shape index (κ2) is 5.53. The van der Waals surface area contributed by atoms with Crippen LogP contribution in [-0.4, -0.2) is 7.11 Å². The minimum atomic E-state index is -0.609. The molecule has 0 amide bonds. The van der Waals surface area contributed by atoms with Crippen LogP contribution in [0, 0.1) is 0 Å². The lowest BCUT2D eigenvalue weighted by Gasteiger charge is -2.26. The van der Waals surface area contributed by atoms with Gasteiger partial charge in [-0.05, 0) is 42.3 Å². The first-order valence-electron chi connectivity index (χ1n) is 5.84. The zero-order valence-corrected chi connectivity index (χ0v) is 13.1. The summed E-state index contributed by atoms with van der Waals surface area (Å²) in [6.45, 7) is 1.97. The summed E-state index contributed by atoms with van der Waals surface area (Å²) in [6.07, 6.45) is 0. The highest BCUT2D eigenvalue weighted by atomic mass is 79.9. The number of methoxy groups -OCH3 is 1. The maximum absolute atomic E-state index is 6.48. The van der Waals surface area contributed by atoms with Gasteiger partial charge in [0, 0.05) is 4.47 Å². The summed E-state index contributed by atoms with van der Waals surface area (Å²) >= 11 is 9.51. The molecule has 0 aliphatic carbocycles. The van der Waals surface area contributed by atoms with E-state index < -0.39 is 5.54 Å². The summed E-state index contributed by atoms with van der Waals surface area (Å²) in [4.78, 5) is 0. The molecule has 0 aliphatic rings. The van der Waals surface area contributed by atoms with E-state index in [1.165, 1.54) is 0 Å². The second-order valence-corrected chi connectivity index (χ2v) is 5.88. The zero-order chi connectivity index (χ0) is 14.0. The molecule has 19 heavy (non-hydrogen) atoms. The maximum Gasteiger partial charge on any atom is 0.137 e. The van der Waals surface area contributed by atoms with Crippen molar-refractivity contribution in [3.05, 3.63) is 63.1 Å². The molecule has 1 atom stereocenters. The van der Waals surface area contributed by atoms with E-state index in [-0.39, 0.29) is 0 Å². The Morgan fingerprint density at radius 1 is 1.16 bits per heavy atom. The Labute approximate surface area is 126 Å². The van der Waals surface area contributed by atoms with Crippen LogP contribution in [-0.2, 0) is 5.54 Å². The Bertz CT molecular complexity index is 598. The Hall–Kier alpha value is -1.03. The molecular weight excluding hydrogens is 326 g/mol. The minimum absolute atomic E-state index is 0.580. The van der Waals surface area contributed by atoms with Gasteiger partial charge in [-0.25, -0.2) is 0 Å². The first-order chi connectivity index (χ1) is 8.95. The van der Waals surface area contributed by atoms with E-state index >= 15 is 0 Å². The summed E-state index contributed by atoms with van der Waals surface area (Å²) in [6, 6.07) is 13.6. The Kier molecular flexibility index (Phi) is 4.19. The van der Waals surface area contributed by atoms with Gasteiger partial charge in [0.15, 0.2) is 0 Å². The zero-order valence-electron chi connectivity index (χ0n) is 10.8. The lowest BCUT2D eigenvalue weighted by Crippen LogP contribution is -2.34. The monoisotopic (exact) mass is 339 g/mol. The van der Waals surface area contributed by atoms with Crippen molar-refractivity contribution in [2.24, 2.45) is 5.73 Å². The SMILES string of the molecule is COc1cc(C(C)(N)c2cccc(Br)c2)ccc1Cl. The van der Waals surface area contributed by atoms with Crippen molar-refractivity contribution in [1.29, 1.82) is 0 Å². The fraction of sp³-hybridized carbons (Fsp3) is 0.200. The van der Waals surface area contributed by atoms with Crippen LogP contribution in [0.25, 0.3) is 0 Å². The lowest BCUT2D eigenvalue weighted by atomic mass is 9.86. The number of rotatable bonds is 3. The molecule has 0 radical (unpaired) electrons. The number of hydrogen-bond acceptors (Lipinski definition) is 2. The first-order valence-corrected chi connectivity index (χ1v) is 7.01. The van der Waals surface area contributed by atoms with E-state index in [9.17, 15) is 0 Å². The molecule has 2 aromatic carbocycles. The average molecular weight is 341 g/mol. The Balaban J connectivity index is 2.49. The molecule has 0 bridgehead atoms. The molecule has 1 unspecified atom stereocenters. The minimum Gasteiger partial charge on any atom is -0.495 e. The van der Waals surface area contributed by atoms with Gasteiger partial charge in [0.25, 0.3) is 0 Å². The van der Waals surface area contributed by atoms with Gasteiger partial charge in [-0.1, -0.05) is 45.7 Å². The molecule has 4 heteroatoms. The smallest absolute Gasteiger partial charge is 0.137 e. The van der Waals surface area contributed by atoms with E-state index in [1.54, 1.807) is 13.2 Å². The number of benzene rings is 2. The van der Waals surface area contributed by atoms with Crippen molar-refractivity contribution < 1.29 is 4.74 Å². The number of ether oxygens (including phenoxy) is 1. The highest BCUT2D eigenvalue weighted by Gasteiger charge is 2.24. The van der Waals surface area contributed by atoms with Crippen LogP contribution in [0.5, 0.6) is 5.75 Å². The van der Waals surface area contributed by atoms with Crippen LogP contribution in [0.15, 0.2) is 46.9 Å². The first kappa shape index (κ1) is 14.4. The van der Waals surface area contributed by atoms with Gasteiger partial charge in [-0.15, -0.1) is 0 Å². The van der Waals surface area contributed by atoms with Crippen LogP contribution in [0.1, 0.15) is 18.1 Å². The van der Waals surface area contributed by atoms with Gasteiger partial charge in [0.05, 0.1) is 17.7 Å². The highest BCUT2D eigenvalue weighted by Crippen LogP contribution is 2.33. The van der Waals surface area contributed by atoms with Crippen molar-refractivity contribution in [3.63, 3.8) is 0 Å². The fourth-order valence-corrected chi connectivity index (χ4v) is 2.55. The molecule has 0 saturated carbocycles. The van der Waals surface area contributed by atoms with Crippen molar-refractivity contribution >= 4 is 27.5 Å². The predicted molar refractivity (Wildman–Crippen MR) is 82.8 cm³/mol. The molecule has 2 rings (SSSR count). The van der Waals surface area contributed by atoms with E-state index in [1.807, 2.05) is 43.3 Å². The summed E-state index contributed by atoms with van der Waals surface area (Å²) in [7, 11) is 1.60. The normalized spacial score (nSPS) is 13.9. The molecule has 2 nitrogen and oxygen atoms in total. The average Bonchev–Trinajstić information content (AvgIpc) is 2.39. The van der Waals surface area contributed by atoms with Crippen molar-refractivity contribution in [2.45, 2.75) is 12.5 Å². The maximum atomic E-state index is 6.48. The van der Waals surface area contributed by atoms with Crippen molar-refractivity contribution in [2.75, 3.05) is 7.11 Å². The van der Waals surface area contributed by atoms with Crippen LogP contribution in [0.4, 0.5) is 0 Å². The van der Waals surface area contributed by atoms with Crippen LogP contribution >= 0.6 is 27.5 Å². The highest BCUT2D eigenvalue weighted by molar-refractivity contribution is 9.10. The third-order valence-corrected chi connectivity index (χ3v) is 3.98. The lowest BCUT2D eigenvalue weighted by molar-refractivity contribution is 0.413. The van der Waals surface area contributed by atoms with E-state index in [0.29, 0.717) is 10.8 Å². The standard InChI is InChI=1S/C15H15BrClNO/c1-15(18,10-4-3-5-12(16)8-10)11-6-7-13(17)14(9-11)19-2/h3-9H,18H2,1-2H3. The molecule has 0 aliphatic heterocycles. The molecule has 100 valence electrons. The van der Waals surface area contributed by atoms with Gasteiger partial charge in [0.2, 0.25) is 0 Å². The summed E-state index contributed by atoms with van der Waals surface area (Å²) < 4.78 is 6.25. The van der Waals surface area contributed by atoms with Crippen LogP contribution in [0.2, 0.25) is 5.02 Å². The van der Waals surface area contributed by atoms with E-state index in [2.05, 4.69) is 15.9 Å². The summed E-state index contributed by atoms with van der Waals surface area (Å²) in [5.41, 5.74) is 7.84. The number of halogens is 2.